The summed E-state index contributed by atoms with van der Waals surface area (Å²) in [5.41, 5.74) is 0.919. The van der Waals surface area contributed by atoms with Crippen molar-refractivity contribution in [1.82, 2.24) is 10.6 Å². The second-order valence-electron chi connectivity index (χ2n) is 9.09. The minimum Gasteiger partial charge on any atom is -0.417 e. The van der Waals surface area contributed by atoms with E-state index in [0.717, 1.165) is 18.4 Å². The van der Waals surface area contributed by atoms with Crippen LogP contribution in [0.4, 0.5) is 4.39 Å². The predicted molar refractivity (Wildman–Crippen MR) is 127 cm³/mol. The van der Waals surface area contributed by atoms with E-state index >= 15 is 0 Å². The van der Waals surface area contributed by atoms with Crippen molar-refractivity contribution in [2.24, 2.45) is 0 Å². The van der Waals surface area contributed by atoms with Gasteiger partial charge < -0.3 is 15.1 Å². The maximum atomic E-state index is 14.2. The molecule has 1 atom stereocenters. The summed E-state index contributed by atoms with van der Waals surface area (Å²) in [4.78, 5) is 23.9. The molecule has 1 aromatic rings. The second-order valence-corrected chi connectivity index (χ2v) is 13.8. The Morgan fingerprint density at radius 2 is 1.87 bits per heavy atom. The van der Waals surface area contributed by atoms with E-state index < -0.39 is 26.1 Å². The highest BCUT2D eigenvalue weighted by molar-refractivity contribution is 6.74. The average molecular weight is 451 g/mol. The standard InChI is InChI=1S/C24H39FN2O3Si/c1-7-15-24(3,4)31(5,6)30-16-11-14-21(25)18-26-23(29)22(27-19(2)28)17-20-12-9-8-10-13-20/h8-10,12-14,22H,7,11,15-18H2,1-6H3,(H,26,29)(H,27,28)/t22-/m0/s1. The van der Waals surface area contributed by atoms with Gasteiger partial charge in [-0.15, -0.1) is 0 Å². The molecule has 0 spiro atoms. The van der Waals surface area contributed by atoms with Crippen molar-refractivity contribution in [2.75, 3.05) is 13.2 Å². The molecule has 7 heteroatoms. The number of rotatable bonds is 13. The van der Waals surface area contributed by atoms with E-state index in [1.807, 2.05) is 30.3 Å². The van der Waals surface area contributed by atoms with Gasteiger partial charge in [0.1, 0.15) is 11.9 Å². The van der Waals surface area contributed by atoms with Crippen molar-refractivity contribution < 1.29 is 18.4 Å². The zero-order chi connectivity index (χ0) is 23.5. The Hall–Kier alpha value is -1.99. The molecule has 1 aromatic carbocycles. The molecular weight excluding hydrogens is 411 g/mol. The highest BCUT2D eigenvalue weighted by atomic mass is 28.4. The molecule has 5 nitrogen and oxygen atoms in total. The number of amides is 2. The molecule has 0 fully saturated rings. The highest BCUT2D eigenvalue weighted by Crippen LogP contribution is 2.42. The van der Waals surface area contributed by atoms with Crippen molar-refractivity contribution >= 4 is 20.1 Å². The predicted octanol–water partition coefficient (Wildman–Crippen LogP) is 4.90. The van der Waals surface area contributed by atoms with Gasteiger partial charge in [-0.25, -0.2) is 4.39 Å². The Labute approximate surface area is 188 Å². The molecule has 31 heavy (non-hydrogen) atoms. The number of hydrogen-bond acceptors (Lipinski definition) is 3. The third-order valence-electron chi connectivity index (χ3n) is 5.86. The van der Waals surface area contributed by atoms with E-state index in [1.54, 1.807) is 0 Å². The number of halogens is 1. The SMILES string of the molecule is CCCC(C)(C)[Si](C)(C)OCCC=C(F)CNC(=O)[C@H](Cc1ccccc1)NC(C)=O. The van der Waals surface area contributed by atoms with Crippen LogP contribution in [0, 0.1) is 0 Å². The van der Waals surface area contributed by atoms with E-state index in [0.29, 0.717) is 19.4 Å². The molecule has 0 aromatic heterocycles. The zero-order valence-electron chi connectivity index (χ0n) is 19.9. The molecule has 0 saturated carbocycles. The van der Waals surface area contributed by atoms with Gasteiger partial charge in [0.15, 0.2) is 8.32 Å². The Kier molecular flexibility index (Phi) is 11.1. The van der Waals surface area contributed by atoms with E-state index in [9.17, 15) is 14.0 Å². The first kappa shape index (κ1) is 27.0. The Morgan fingerprint density at radius 3 is 2.45 bits per heavy atom. The largest absolute Gasteiger partial charge is 0.417 e. The number of carbonyl (C=O) groups excluding carboxylic acids is 2. The molecule has 1 rings (SSSR count). The first-order valence-electron chi connectivity index (χ1n) is 11.1. The van der Waals surface area contributed by atoms with E-state index in [2.05, 4.69) is 44.5 Å². The Bertz CT molecular complexity index is 736. The van der Waals surface area contributed by atoms with Crippen molar-refractivity contribution in [3.63, 3.8) is 0 Å². The van der Waals surface area contributed by atoms with Gasteiger partial charge in [-0.05, 0) is 42.6 Å². The van der Waals surface area contributed by atoms with Crippen LogP contribution in [0.1, 0.15) is 52.5 Å². The van der Waals surface area contributed by atoms with Gasteiger partial charge in [-0.2, -0.15) is 0 Å². The quantitative estimate of drug-likeness (QED) is 0.332. The lowest BCUT2D eigenvalue weighted by Gasteiger charge is -2.39. The van der Waals surface area contributed by atoms with Crippen LogP contribution in [0.5, 0.6) is 0 Å². The number of benzene rings is 1. The summed E-state index contributed by atoms with van der Waals surface area (Å²) in [7, 11) is -1.89. The third-order valence-corrected chi connectivity index (χ3v) is 10.3. The topological polar surface area (TPSA) is 67.4 Å². The fraction of sp³-hybridized carbons (Fsp3) is 0.583. The zero-order valence-corrected chi connectivity index (χ0v) is 20.9. The smallest absolute Gasteiger partial charge is 0.243 e. The molecule has 0 unspecified atom stereocenters. The fourth-order valence-electron chi connectivity index (χ4n) is 3.32. The molecule has 0 saturated heterocycles. The van der Waals surface area contributed by atoms with Crippen LogP contribution in [0.15, 0.2) is 42.2 Å². The summed E-state index contributed by atoms with van der Waals surface area (Å²) in [5.74, 6) is -1.12. The van der Waals surface area contributed by atoms with Crippen LogP contribution < -0.4 is 10.6 Å². The summed E-state index contributed by atoms with van der Waals surface area (Å²) in [6.45, 7) is 12.7. The minimum absolute atomic E-state index is 0.162. The lowest BCUT2D eigenvalue weighted by atomic mass is 10.1. The molecule has 0 radical (unpaired) electrons. The lowest BCUT2D eigenvalue weighted by molar-refractivity contribution is -0.128. The maximum absolute atomic E-state index is 14.2. The summed E-state index contributed by atoms with van der Waals surface area (Å²) < 4.78 is 20.4. The normalized spacial score (nSPS) is 13.6. The molecule has 2 amide bonds. The van der Waals surface area contributed by atoms with Gasteiger partial charge in [0.2, 0.25) is 11.8 Å². The van der Waals surface area contributed by atoms with Gasteiger partial charge in [0.25, 0.3) is 0 Å². The number of nitrogens with one attached hydrogen (secondary N) is 2. The van der Waals surface area contributed by atoms with Crippen LogP contribution >= 0.6 is 0 Å². The molecule has 0 aliphatic carbocycles. The fourth-order valence-corrected chi connectivity index (χ4v) is 5.19. The van der Waals surface area contributed by atoms with Gasteiger partial charge >= 0.3 is 0 Å². The molecular formula is C24H39FN2O3Si. The molecule has 0 aliphatic heterocycles. The molecule has 0 heterocycles. The van der Waals surface area contributed by atoms with Gasteiger partial charge in [0.05, 0.1) is 6.54 Å². The Balaban J connectivity index is 2.52. The van der Waals surface area contributed by atoms with Crippen LogP contribution in [0.3, 0.4) is 0 Å². The van der Waals surface area contributed by atoms with Crippen LogP contribution in [0.2, 0.25) is 18.1 Å². The molecule has 0 aliphatic rings. The van der Waals surface area contributed by atoms with Crippen molar-refractivity contribution in [3.8, 4) is 0 Å². The maximum Gasteiger partial charge on any atom is 0.243 e. The van der Waals surface area contributed by atoms with Crippen molar-refractivity contribution in [2.45, 2.75) is 77.6 Å². The second kappa shape index (κ2) is 12.8. The highest BCUT2D eigenvalue weighted by Gasteiger charge is 2.39. The molecule has 174 valence electrons. The van der Waals surface area contributed by atoms with Crippen molar-refractivity contribution in [3.05, 3.63) is 47.8 Å². The van der Waals surface area contributed by atoms with Gasteiger partial charge in [-0.3, -0.25) is 9.59 Å². The van der Waals surface area contributed by atoms with E-state index in [-0.39, 0.29) is 17.5 Å². The summed E-state index contributed by atoms with van der Waals surface area (Å²) in [5, 5.41) is 5.38. The number of carbonyl (C=O) groups is 2. The van der Waals surface area contributed by atoms with E-state index in [4.69, 9.17) is 4.43 Å². The third kappa shape index (κ3) is 9.78. The average Bonchev–Trinajstić information content (AvgIpc) is 2.69. The lowest BCUT2D eigenvalue weighted by Crippen LogP contribution is -2.47. The monoisotopic (exact) mass is 450 g/mol. The van der Waals surface area contributed by atoms with Crippen molar-refractivity contribution in [1.29, 1.82) is 0 Å². The van der Waals surface area contributed by atoms with E-state index in [1.165, 1.54) is 13.0 Å². The summed E-state index contributed by atoms with van der Waals surface area (Å²) in [6.07, 6.45) is 4.49. The summed E-state index contributed by atoms with van der Waals surface area (Å²) in [6, 6.07) is 8.65. The Morgan fingerprint density at radius 1 is 1.23 bits per heavy atom. The summed E-state index contributed by atoms with van der Waals surface area (Å²) >= 11 is 0. The molecule has 2 N–H and O–H groups in total. The van der Waals surface area contributed by atoms with Gasteiger partial charge in [-0.1, -0.05) is 57.5 Å². The first-order chi connectivity index (χ1) is 14.5. The minimum atomic E-state index is -1.89. The first-order valence-corrected chi connectivity index (χ1v) is 14.0. The van der Waals surface area contributed by atoms with Crippen LogP contribution in [0.25, 0.3) is 0 Å². The van der Waals surface area contributed by atoms with Crippen LogP contribution in [-0.2, 0) is 20.4 Å². The van der Waals surface area contributed by atoms with Gasteiger partial charge in [0, 0.05) is 20.0 Å². The number of hydrogen-bond donors (Lipinski definition) is 2. The molecule has 0 bridgehead atoms. The van der Waals surface area contributed by atoms with Crippen LogP contribution in [-0.4, -0.2) is 39.3 Å².